The number of carbonyl (C=O) groups is 1. The van der Waals surface area contributed by atoms with Gasteiger partial charge in [0.2, 0.25) is 0 Å². The first-order valence-corrected chi connectivity index (χ1v) is 6.10. The lowest BCUT2D eigenvalue weighted by Gasteiger charge is -2.04. The van der Waals surface area contributed by atoms with Gasteiger partial charge in [-0.1, -0.05) is 29.4 Å². The van der Waals surface area contributed by atoms with Gasteiger partial charge in [0.15, 0.2) is 6.61 Å². The molecule has 2 aromatic rings. The molecule has 0 aliphatic carbocycles. The third-order valence-corrected chi connectivity index (χ3v) is 2.47. The average molecular weight is 290 g/mol. The zero-order chi connectivity index (χ0) is 15.1. The van der Waals surface area contributed by atoms with Crippen molar-refractivity contribution in [3.8, 4) is 0 Å². The number of amides is 1. The number of nitrogens with zero attached hydrogens (tertiary/aromatic N) is 1. The van der Waals surface area contributed by atoms with Crippen LogP contribution in [-0.4, -0.2) is 18.7 Å². The molecule has 0 atom stereocenters. The number of halogens is 2. The monoisotopic (exact) mass is 290 g/mol. The molecule has 0 aliphatic heterocycles. The second-order valence-corrected chi connectivity index (χ2v) is 4.09. The Bertz CT molecular complexity index is 660. The van der Waals surface area contributed by atoms with E-state index in [2.05, 4.69) is 10.5 Å². The predicted octanol–water partition coefficient (Wildman–Crippen LogP) is 2.95. The van der Waals surface area contributed by atoms with Crippen molar-refractivity contribution in [2.45, 2.75) is 0 Å². The van der Waals surface area contributed by atoms with E-state index in [9.17, 15) is 13.6 Å². The molecule has 0 bridgehead atoms. The van der Waals surface area contributed by atoms with Crippen LogP contribution >= 0.6 is 0 Å². The molecule has 6 heteroatoms. The van der Waals surface area contributed by atoms with Crippen LogP contribution in [0.5, 0.6) is 0 Å². The summed E-state index contributed by atoms with van der Waals surface area (Å²) in [4.78, 5) is 16.3. The second kappa shape index (κ2) is 7.14. The smallest absolute Gasteiger partial charge is 0.265 e. The zero-order valence-electron chi connectivity index (χ0n) is 10.9. The highest BCUT2D eigenvalue weighted by atomic mass is 19.1. The van der Waals surface area contributed by atoms with Gasteiger partial charge in [0.1, 0.15) is 11.6 Å². The largest absolute Gasteiger partial charge is 0.386 e. The van der Waals surface area contributed by atoms with Gasteiger partial charge in [0, 0.05) is 0 Å². The molecule has 1 N–H and O–H groups in total. The molecular weight excluding hydrogens is 278 g/mol. The zero-order valence-corrected chi connectivity index (χ0v) is 10.9. The molecule has 21 heavy (non-hydrogen) atoms. The predicted molar refractivity (Wildman–Crippen MR) is 75.0 cm³/mol. The van der Waals surface area contributed by atoms with Crippen molar-refractivity contribution in [1.82, 2.24) is 0 Å². The van der Waals surface area contributed by atoms with Crippen LogP contribution in [0.3, 0.4) is 0 Å². The SMILES string of the molecule is O=C(CO/N=C\c1cccc(F)c1)Nc1ccccc1F. The Morgan fingerprint density at radius 3 is 2.76 bits per heavy atom. The van der Waals surface area contributed by atoms with E-state index in [1.54, 1.807) is 12.1 Å². The van der Waals surface area contributed by atoms with Crippen molar-refractivity contribution in [2.24, 2.45) is 5.16 Å². The highest BCUT2D eigenvalue weighted by molar-refractivity contribution is 5.91. The summed E-state index contributed by atoms with van der Waals surface area (Å²) in [5.74, 6) is -1.47. The number of carbonyl (C=O) groups excluding carboxylic acids is 1. The molecule has 1 amide bonds. The van der Waals surface area contributed by atoms with Crippen molar-refractivity contribution >= 4 is 17.8 Å². The summed E-state index contributed by atoms with van der Waals surface area (Å²) < 4.78 is 26.2. The van der Waals surface area contributed by atoms with E-state index in [1.165, 1.54) is 42.6 Å². The van der Waals surface area contributed by atoms with Crippen molar-refractivity contribution in [1.29, 1.82) is 0 Å². The van der Waals surface area contributed by atoms with E-state index in [1.807, 2.05) is 0 Å². The maximum atomic E-state index is 13.3. The van der Waals surface area contributed by atoms with Crippen LogP contribution in [0.2, 0.25) is 0 Å². The van der Waals surface area contributed by atoms with Gasteiger partial charge in [-0.05, 0) is 29.8 Å². The van der Waals surface area contributed by atoms with Gasteiger partial charge >= 0.3 is 0 Å². The quantitative estimate of drug-likeness (QED) is 0.680. The molecule has 0 spiro atoms. The maximum Gasteiger partial charge on any atom is 0.265 e. The van der Waals surface area contributed by atoms with E-state index in [4.69, 9.17) is 4.84 Å². The fourth-order valence-corrected chi connectivity index (χ4v) is 1.53. The Balaban J connectivity index is 1.81. The highest BCUT2D eigenvalue weighted by Gasteiger charge is 2.06. The fourth-order valence-electron chi connectivity index (χ4n) is 1.53. The Kier molecular flexibility index (Phi) is 4.98. The summed E-state index contributed by atoms with van der Waals surface area (Å²) in [5, 5.41) is 5.89. The van der Waals surface area contributed by atoms with Gasteiger partial charge in [0.25, 0.3) is 5.91 Å². The molecule has 108 valence electrons. The summed E-state index contributed by atoms with van der Waals surface area (Å²) in [6.45, 7) is -0.375. The number of para-hydroxylation sites is 1. The summed E-state index contributed by atoms with van der Waals surface area (Å²) >= 11 is 0. The van der Waals surface area contributed by atoms with Crippen molar-refractivity contribution in [2.75, 3.05) is 11.9 Å². The number of nitrogens with one attached hydrogen (secondary N) is 1. The van der Waals surface area contributed by atoms with Crippen molar-refractivity contribution < 1.29 is 18.4 Å². The van der Waals surface area contributed by atoms with Crippen LogP contribution in [0.4, 0.5) is 14.5 Å². The summed E-state index contributed by atoms with van der Waals surface area (Å²) in [6.07, 6.45) is 1.28. The normalized spacial score (nSPS) is 10.6. The molecule has 0 heterocycles. The first-order valence-electron chi connectivity index (χ1n) is 6.10. The minimum Gasteiger partial charge on any atom is -0.386 e. The van der Waals surface area contributed by atoms with E-state index in [0.29, 0.717) is 5.56 Å². The van der Waals surface area contributed by atoms with Gasteiger partial charge in [-0.25, -0.2) is 8.78 Å². The third kappa shape index (κ3) is 4.68. The van der Waals surface area contributed by atoms with Gasteiger partial charge in [-0.2, -0.15) is 0 Å². The lowest BCUT2D eigenvalue weighted by atomic mass is 10.2. The molecule has 0 saturated carbocycles. The first kappa shape index (κ1) is 14.6. The van der Waals surface area contributed by atoms with E-state index >= 15 is 0 Å². The van der Waals surface area contributed by atoms with Gasteiger partial charge in [0.05, 0.1) is 11.9 Å². The molecule has 0 aromatic heterocycles. The van der Waals surface area contributed by atoms with E-state index in [-0.39, 0.29) is 12.3 Å². The Morgan fingerprint density at radius 1 is 1.19 bits per heavy atom. The second-order valence-electron chi connectivity index (χ2n) is 4.09. The van der Waals surface area contributed by atoms with Gasteiger partial charge in [-0.3, -0.25) is 4.79 Å². The standard InChI is InChI=1S/C15H12F2N2O2/c16-12-5-3-4-11(8-12)9-18-21-10-15(20)19-14-7-2-1-6-13(14)17/h1-9H,10H2,(H,19,20)/b18-9-. The lowest BCUT2D eigenvalue weighted by molar-refractivity contribution is -0.120. The molecule has 0 unspecified atom stereocenters. The van der Waals surface area contributed by atoms with Crippen LogP contribution in [0.15, 0.2) is 53.7 Å². The Hall–Kier alpha value is -2.76. The molecule has 2 aromatic carbocycles. The summed E-state index contributed by atoms with van der Waals surface area (Å²) in [5.41, 5.74) is 0.574. The van der Waals surface area contributed by atoms with Gasteiger partial charge in [-0.15, -0.1) is 0 Å². The Labute approximate surface area is 120 Å². The molecule has 4 nitrogen and oxygen atoms in total. The van der Waals surface area contributed by atoms with Gasteiger partial charge < -0.3 is 10.2 Å². The number of hydrogen-bond donors (Lipinski definition) is 1. The first-order chi connectivity index (χ1) is 10.1. The average Bonchev–Trinajstić information content (AvgIpc) is 2.46. The maximum absolute atomic E-state index is 13.3. The summed E-state index contributed by atoms with van der Waals surface area (Å²) in [7, 11) is 0. The molecule has 0 radical (unpaired) electrons. The molecule has 0 saturated heterocycles. The highest BCUT2D eigenvalue weighted by Crippen LogP contribution is 2.11. The molecule has 2 rings (SSSR count). The number of oxime groups is 1. The van der Waals surface area contributed by atoms with Crippen LogP contribution < -0.4 is 5.32 Å². The Morgan fingerprint density at radius 2 is 2.00 bits per heavy atom. The van der Waals surface area contributed by atoms with Crippen LogP contribution in [0, 0.1) is 11.6 Å². The van der Waals surface area contributed by atoms with Crippen LogP contribution in [0.25, 0.3) is 0 Å². The topological polar surface area (TPSA) is 50.7 Å². The molecular formula is C15H12F2N2O2. The minimum atomic E-state index is -0.545. The molecule has 0 aliphatic rings. The third-order valence-electron chi connectivity index (χ3n) is 2.47. The van der Waals surface area contributed by atoms with Crippen molar-refractivity contribution in [3.05, 3.63) is 65.7 Å². The number of anilines is 1. The molecule has 0 fully saturated rings. The van der Waals surface area contributed by atoms with E-state index in [0.717, 1.165) is 0 Å². The number of rotatable bonds is 5. The van der Waals surface area contributed by atoms with Crippen LogP contribution in [-0.2, 0) is 9.63 Å². The van der Waals surface area contributed by atoms with Crippen molar-refractivity contribution in [3.63, 3.8) is 0 Å². The lowest BCUT2D eigenvalue weighted by Crippen LogP contribution is -2.17. The number of benzene rings is 2. The summed E-state index contributed by atoms with van der Waals surface area (Å²) in [6, 6.07) is 11.5. The van der Waals surface area contributed by atoms with Crippen LogP contribution in [0.1, 0.15) is 5.56 Å². The van der Waals surface area contributed by atoms with E-state index < -0.39 is 17.5 Å². The minimum absolute atomic E-state index is 0.0696. The number of hydrogen-bond acceptors (Lipinski definition) is 3. The fraction of sp³-hybridized carbons (Fsp3) is 0.0667.